The van der Waals surface area contributed by atoms with E-state index in [0.29, 0.717) is 23.7 Å². The number of carbonyl (C=O) groups is 2. The number of hydrogen-bond acceptors (Lipinski definition) is 2. The first-order valence-electron chi connectivity index (χ1n) is 7.94. The zero-order chi connectivity index (χ0) is 17.4. The largest absolute Gasteiger partial charge is 0.352 e. The van der Waals surface area contributed by atoms with Crippen LogP contribution in [0.1, 0.15) is 38.1 Å². The second kappa shape index (κ2) is 5.87. The Labute approximate surface area is 138 Å². The maximum Gasteiger partial charge on any atom is 0.321 e. The van der Waals surface area contributed by atoms with Crippen molar-refractivity contribution in [1.82, 2.24) is 10.2 Å². The Morgan fingerprint density at radius 1 is 1.13 bits per heavy atom. The van der Waals surface area contributed by atoms with Gasteiger partial charge in [-0.3, -0.25) is 4.79 Å². The summed E-state index contributed by atoms with van der Waals surface area (Å²) in [6.45, 7) is 9.62. The van der Waals surface area contributed by atoms with Crippen molar-refractivity contribution in [2.24, 2.45) is 16.7 Å². The number of amides is 3. The van der Waals surface area contributed by atoms with Gasteiger partial charge in [-0.05, 0) is 34.9 Å². The van der Waals surface area contributed by atoms with Crippen LogP contribution in [-0.4, -0.2) is 37.5 Å². The minimum Gasteiger partial charge on any atom is -0.352 e. The third-order valence-corrected chi connectivity index (χ3v) is 5.57. The lowest BCUT2D eigenvalue weighted by Gasteiger charge is -2.13. The van der Waals surface area contributed by atoms with E-state index in [1.807, 2.05) is 0 Å². The molecule has 0 aromatic heterocycles. The van der Waals surface area contributed by atoms with E-state index >= 15 is 0 Å². The summed E-state index contributed by atoms with van der Waals surface area (Å²) in [5, 5.41) is 5.76. The predicted molar refractivity (Wildman–Crippen MR) is 92.5 cm³/mol. The van der Waals surface area contributed by atoms with Gasteiger partial charge in [-0.25, -0.2) is 4.79 Å². The molecule has 3 amide bonds. The van der Waals surface area contributed by atoms with Gasteiger partial charge in [0.1, 0.15) is 0 Å². The van der Waals surface area contributed by atoms with Gasteiger partial charge >= 0.3 is 6.03 Å². The van der Waals surface area contributed by atoms with Crippen LogP contribution in [0, 0.1) is 16.7 Å². The summed E-state index contributed by atoms with van der Waals surface area (Å²) in [6.07, 6.45) is 0. The summed E-state index contributed by atoms with van der Waals surface area (Å²) >= 11 is 0. The number of urea groups is 1. The van der Waals surface area contributed by atoms with Gasteiger partial charge in [0.2, 0.25) is 0 Å². The van der Waals surface area contributed by atoms with Crippen LogP contribution >= 0.6 is 0 Å². The van der Waals surface area contributed by atoms with Crippen molar-refractivity contribution in [2.75, 3.05) is 26.0 Å². The highest BCUT2D eigenvalue weighted by Gasteiger charge is 2.64. The molecule has 1 saturated carbocycles. The topological polar surface area (TPSA) is 61.4 Å². The SMILES string of the molecule is CN(C)C(=O)Nc1cccc(C(=O)NCC2C(C)(C)C2(C)C)c1. The monoisotopic (exact) mass is 317 g/mol. The summed E-state index contributed by atoms with van der Waals surface area (Å²) in [7, 11) is 3.34. The van der Waals surface area contributed by atoms with Gasteiger partial charge in [0.25, 0.3) is 5.91 Å². The van der Waals surface area contributed by atoms with Crippen LogP contribution < -0.4 is 10.6 Å². The molecule has 2 N–H and O–H groups in total. The lowest BCUT2D eigenvalue weighted by molar-refractivity contribution is 0.0950. The van der Waals surface area contributed by atoms with E-state index in [4.69, 9.17) is 0 Å². The van der Waals surface area contributed by atoms with Crippen LogP contribution in [-0.2, 0) is 0 Å². The molecule has 1 aliphatic rings. The maximum absolute atomic E-state index is 12.3. The first-order chi connectivity index (χ1) is 10.6. The molecule has 23 heavy (non-hydrogen) atoms. The summed E-state index contributed by atoms with van der Waals surface area (Å²) in [4.78, 5) is 25.5. The maximum atomic E-state index is 12.3. The molecule has 1 fully saturated rings. The number of anilines is 1. The number of benzene rings is 1. The van der Waals surface area contributed by atoms with E-state index in [2.05, 4.69) is 38.3 Å². The standard InChI is InChI=1S/C18H27N3O2/c1-17(2)14(18(17,3)4)11-19-15(22)12-8-7-9-13(10-12)20-16(23)21(5)6/h7-10,14H,11H2,1-6H3,(H,19,22)(H,20,23). The van der Waals surface area contributed by atoms with Crippen LogP contribution in [0.4, 0.5) is 10.5 Å². The Morgan fingerprint density at radius 3 is 2.26 bits per heavy atom. The first kappa shape index (κ1) is 17.3. The van der Waals surface area contributed by atoms with Gasteiger partial charge in [0, 0.05) is 31.9 Å². The molecule has 2 rings (SSSR count). The highest BCUT2D eigenvalue weighted by Crippen LogP contribution is 2.67. The fourth-order valence-electron chi connectivity index (χ4n) is 3.11. The molecule has 5 heteroatoms. The van der Waals surface area contributed by atoms with Crippen LogP contribution in [0.3, 0.4) is 0 Å². The molecule has 1 aromatic carbocycles. The summed E-state index contributed by atoms with van der Waals surface area (Å²) in [6, 6.07) is 6.77. The minimum absolute atomic E-state index is 0.107. The fraction of sp³-hybridized carbons (Fsp3) is 0.556. The molecule has 0 radical (unpaired) electrons. The van der Waals surface area contributed by atoms with Crippen molar-refractivity contribution >= 4 is 17.6 Å². The van der Waals surface area contributed by atoms with Crippen molar-refractivity contribution in [3.63, 3.8) is 0 Å². The number of rotatable bonds is 4. The van der Waals surface area contributed by atoms with E-state index < -0.39 is 0 Å². The third kappa shape index (κ3) is 3.33. The van der Waals surface area contributed by atoms with Crippen LogP contribution in [0.2, 0.25) is 0 Å². The molecular weight excluding hydrogens is 290 g/mol. The Balaban J connectivity index is 1.97. The van der Waals surface area contributed by atoms with E-state index in [-0.39, 0.29) is 22.8 Å². The molecule has 1 aliphatic carbocycles. The van der Waals surface area contributed by atoms with Crippen LogP contribution in [0.5, 0.6) is 0 Å². The van der Waals surface area contributed by atoms with Crippen molar-refractivity contribution < 1.29 is 9.59 Å². The van der Waals surface area contributed by atoms with Crippen molar-refractivity contribution in [3.8, 4) is 0 Å². The zero-order valence-corrected chi connectivity index (χ0v) is 14.9. The van der Waals surface area contributed by atoms with E-state index in [1.165, 1.54) is 4.90 Å². The summed E-state index contributed by atoms with van der Waals surface area (Å²) in [5.74, 6) is 0.375. The third-order valence-electron chi connectivity index (χ3n) is 5.57. The molecular formula is C18H27N3O2. The number of nitrogens with zero attached hydrogens (tertiary/aromatic N) is 1. The number of hydrogen-bond donors (Lipinski definition) is 2. The summed E-state index contributed by atoms with van der Waals surface area (Å²) in [5.41, 5.74) is 1.67. The van der Waals surface area contributed by atoms with E-state index in [9.17, 15) is 9.59 Å². The average molecular weight is 317 g/mol. The molecule has 126 valence electrons. The normalized spacial score (nSPS) is 18.2. The van der Waals surface area contributed by atoms with Crippen molar-refractivity contribution in [1.29, 1.82) is 0 Å². The van der Waals surface area contributed by atoms with Gasteiger partial charge in [-0.1, -0.05) is 33.8 Å². The molecule has 1 aromatic rings. The van der Waals surface area contributed by atoms with E-state index in [0.717, 1.165) is 0 Å². The predicted octanol–water partition coefficient (Wildman–Crippen LogP) is 3.19. The molecule has 0 heterocycles. The second-order valence-corrected chi connectivity index (χ2v) is 7.61. The number of nitrogens with one attached hydrogen (secondary N) is 2. The van der Waals surface area contributed by atoms with Gasteiger partial charge in [-0.15, -0.1) is 0 Å². The van der Waals surface area contributed by atoms with Gasteiger partial charge < -0.3 is 15.5 Å². The lowest BCUT2D eigenvalue weighted by atomic mass is 10.0. The Kier molecular flexibility index (Phi) is 4.42. The first-order valence-corrected chi connectivity index (χ1v) is 7.94. The molecule has 5 nitrogen and oxygen atoms in total. The van der Waals surface area contributed by atoms with Gasteiger partial charge in [-0.2, -0.15) is 0 Å². The quantitative estimate of drug-likeness (QED) is 0.896. The lowest BCUT2D eigenvalue weighted by Crippen LogP contribution is -2.28. The van der Waals surface area contributed by atoms with E-state index in [1.54, 1.807) is 38.4 Å². The second-order valence-electron chi connectivity index (χ2n) is 7.61. The van der Waals surface area contributed by atoms with Crippen molar-refractivity contribution in [3.05, 3.63) is 29.8 Å². The Morgan fingerprint density at radius 2 is 1.74 bits per heavy atom. The minimum atomic E-state index is -0.218. The average Bonchev–Trinajstić information content (AvgIpc) is 2.86. The van der Waals surface area contributed by atoms with Crippen molar-refractivity contribution in [2.45, 2.75) is 27.7 Å². The molecule has 0 bridgehead atoms. The highest BCUT2D eigenvalue weighted by atomic mass is 16.2. The molecule has 0 spiro atoms. The van der Waals surface area contributed by atoms with Gasteiger partial charge in [0.05, 0.1) is 0 Å². The Hall–Kier alpha value is -2.04. The molecule has 0 unspecified atom stereocenters. The highest BCUT2D eigenvalue weighted by molar-refractivity contribution is 5.96. The molecule has 0 aliphatic heterocycles. The molecule has 0 atom stereocenters. The van der Waals surface area contributed by atoms with Gasteiger partial charge in [0.15, 0.2) is 0 Å². The van der Waals surface area contributed by atoms with Crippen LogP contribution in [0.25, 0.3) is 0 Å². The molecule has 0 saturated heterocycles. The number of carbonyl (C=O) groups excluding carboxylic acids is 2. The Bertz CT molecular complexity index is 606. The van der Waals surface area contributed by atoms with Crippen LogP contribution in [0.15, 0.2) is 24.3 Å². The fourth-order valence-corrected chi connectivity index (χ4v) is 3.11. The zero-order valence-electron chi connectivity index (χ0n) is 14.9. The summed E-state index contributed by atoms with van der Waals surface area (Å²) < 4.78 is 0. The smallest absolute Gasteiger partial charge is 0.321 e.